The number of anilines is 2. The van der Waals surface area contributed by atoms with Gasteiger partial charge in [-0.1, -0.05) is 54.6 Å². The van der Waals surface area contributed by atoms with Crippen LogP contribution in [0.3, 0.4) is 0 Å². The van der Waals surface area contributed by atoms with Gasteiger partial charge in [0.1, 0.15) is 5.60 Å². The first-order chi connectivity index (χ1) is 18.0. The van der Waals surface area contributed by atoms with E-state index in [1.165, 1.54) is 16.9 Å². The highest BCUT2D eigenvalue weighted by Crippen LogP contribution is 2.35. The van der Waals surface area contributed by atoms with Gasteiger partial charge in [0.15, 0.2) is 9.84 Å². The van der Waals surface area contributed by atoms with Gasteiger partial charge in [-0.05, 0) is 35.0 Å². The Bertz CT molecular complexity index is 1510. The molecule has 0 saturated carbocycles. The van der Waals surface area contributed by atoms with Crippen molar-refractivity contribution in [3.8, 4) is 11.4 Å². The first-order valence-electron chi connectivity index (χ1n) is 12.0. The average molecular weight is 540 g/mol. The number of sulfone groups is 1. The minimum Gasteiger partial charge on any atom is -0.366 e. The van der Waals surface area contributed by atoms with Crippen LogP contribution in [0.1, 0.15) is 18.1 Å². The summed E-state index contributed by atoms with van der Waals surface area (Å²) in [6, 6.07) is 23.1. The van der Waals surface area contributed by atoms with Gasteiger partial charge < -0.3 is 9.64 Å². The van der Waals surface area contributed by atoms with Gasteiger partial charge >= 0.3 is 0 Å². The number of alkyl halides is 2. The first-order valence-corrected chi connectivity index (χ1v) is 13.8. The van der Waals surface area contributed by atoms with Crippen LogP contribution in [0.5, 0.6) is 0 Å². The summed E-state index contributed by atoms with van der Waals surface area (Å²) in [4.78, 5) is 3.22. The number of ether oxygens (including phenoxy) is 1. The minimum absolute atomic E-state index is 0.0611. The van der Waals surface area contributed by atoms with E-state index in [1.54, 1.807) is 12.1 Å². The van der Waals surface area contributed by atoms with Crippen LogP contribution in [0.15, 0.2) is 78.9 Å². The summed E-state index contributed by atoms with van der Waals surface area (Å²) in [7, 11) is -1.36. The summed E-state index contributed by atoms with van der Waals surface area (Å²) in [6.07, 6.45) is 0. The van der Waals surface area contributed by atoms with Gasteiger partial charge in [-0.25, -0.2) is 17.2 Å². The highest BCUT2D eigenvalue weighted by molar-refractivity contribution is 7.93. The van der Waals surface area contributed by atoms with Gasteiger partial charge in [0.2, 0.25) is 5.82 Å². The fourth-order valence-electron chi connectivity index (χ4n) is 4.54. The molecule has 1 aromatic heterocycles. The molecule has 0 aliphatic carbocycles. The molecule has 1 saturated heterocycles. The Labute approximate surface area is 219 Å². The second kappa shape index (κ2) is 9.88. The molecule has 0 N–H and O–H groups in total. The summed E-state index contributed by atoms with van der Waals surface area (Å²) in [5.41, 5.74) is 2.10. The normalized spacial score (nSPS) is 16.1. The van der Waals surface area contributed by atoms with E-state index in [4.69, 9.17) is 4.74 Å². The predicted molar refractivity (Wildman–Crippen MR) is 140 cm³/mol. The van der Waals surface area contributed by atoms with Crippen molar-refractivity contribution in [1.29, 1.82) is 0 Å². The van der Waals surface area contributed by atoms with Crippen LogP contribution in [0.25, 0.3) is 11.4 Å². The highest BCUT2D eigenvalue weighted by Gasteiger charge is 2.50. The number of halogens is 2. The zero-order valence-corrected chi connectivity index (χ0v) is 21.8. The Morgan fingerprint density at radius 1 is 1.00 bits per heavy atom. The van der Waals surface area contributed by atoms with E-state index in [1.807, 2.05) is 66.5 Å². The number of para-hydroxylation sites is 1. The number of hydrogen-bond acceptors (Lipinski definition) is 7. The van der Waals surface area contributed by atoms with Crippen LogP contribution < -0.4 is 4.90 Å². The molecule has 4 aromatic rings. The van der Waals surface area contributed by atoms with Gasteiger partial charge in [0.05, 0.1) is 30.3 Å². The van der Waals surface area contributed by atoms with E-state index in [-0.39, 0.29) is 30.2 Å². The Balaban J connectivity index is 1.36. The molecule has 3 aromatic carbocycles. The molecular weight excluding hydrogens is 512 g/mol. The van der Waals surface area contributed by atoms with E-state index in [9.17, 15) is 17.2 Å². The Kier molecular flexibility index (Phi) is 6.74. The third-order valence-corrected chi connectivity index (χ3v) is 8.44. The standard InChI is InChI=1S/C27H27F2N5O3S/c1-26(28,29)21-12-14-22(15-13-21)33(2)24-11-7-6-10-23(24)25-30-32-34(31-25)17-27(18-38(35,36)19-27)37-16-20-8-4-3-5-9-20/h3-15H,16-19H2,1-2H3. The van der Waals surface area contributed by atoms with Crippen molar-refractivity contribution in [3.05, 3.63) is 90.0 Å². The summed E-state index contributed by atoms with van der Waals surface area (Å²) in [5.74, 6) is -2.80. The lowest BCUT2D eigenvalue weighted by molar-refractivity contribution is -0.0506. The largest absolute Gasteiger partial charge is 0.366 e. The van der Waals surface area contributed by atoms with E-state index < -0.39 is 21.4 Å². The van der Waals surface area contributed by atoms with Gasteiger partial charge in [0, 0.05) is 30.8 Å². The molecule has 0 atom stereocenters. The van der Waals surface area contributed by atoms with Crippen LogP contribution in [0.4, 0.5) is 20.2 Å². The molecule has 0 amide bonds. The molecular formula is C27H27F2N5O3S. The molecule has 0 bridgehead atoms. The number of hydrogen-bond donors (Lipinski definition) is 0. The van der Waals surface area contributed by atoms with Crippen LogP contribution >= 0.6 is 0 Å². The lowest BCUT2D eigenvalue weighted by Gasteiger charge is -2.40. The van der Waals surface area contributed by atoms with Crippen LogP contribution in [-0.4, -0.2) is 52.8 Å². The van der Waals surface area contributed by atoms with Crippen molar-refractivity contribution in [2.24, 2.45) is 0 Å². The molecule has 1 aliphatic heterocycles. The van der Waals surface area contributed by atoms with Crippen molar-refractivity contribution in [3.63, 3.8) is 0 Å². The summed E-state index contributed by atoms with van der Waals surface area (Å²) < 4.78 is 57.5. The monoisotopic (exact) mass is 539 g/mol. The molecule has 0 radical (unpaired) electrons. The Morgan fingerprint density at radius 3 is 2.32 bits per heavy atom. The zero-order valence-electron chi connectivity index (χ0n) is 21.0. The van der Waals surface area contributed by atoms with Crippen molar-refractivity contribution in [2.75, 3.05) is 23.5 Å². The number of rotatable bonds is 9. The predicted octanol–water partition coefficient (Wildman–Crippen LogP) is 4.60. The van der Waals surface area contributed by atoms with E-state index >= 15 is 0 Å². The number of nitrogens with zero attached hydrogens (tertiary/aromatic N) is 5. The van der Waals surface area contributed by atoms with E-state index in [2.05, 4.69) is 15.4 Å². The minimum atomic E-state index is -3.19. The number of tetrazole rings is 1. The molecule has 1 aliphatic rings. The summed E-state index contributed by atoms with van der Waals surface area (Å²) in [5, 5.41) is 12.9. The van der Waals surface area contributed by atoms with Gasteiger partial charge in [-0.3, -0.25) is 0 Å². The molecule has 38 heavy (non-hydrogen) atoms. The quantitative estimate of drug-likeness (QED) is 0.307. The smallest absolute Gasteiger partial charge is 0.270 e. The maximum absolute atomic E-state index is 13.6. The Morgan fingerprint density at radius 2 is 1.66 bits per heavy atom. The van der Waals surface area contributed by atoms with E-state index in [0.717, 1.165) is 18.2 Å². The van der Waals surface area contributed by atoms with Gasteiger partial charge in [0.25, 0.3) is 5.92 Å². The first kappa shape index (κ1) is 25.9. The van der Waals surface area contributed by atoms with E-state index in [0.29, 0.717) is 17.1 Å². The second-order valence-electron chi connectivity index (χ2n) is 9.64. The SMILES string of the molecule is CN(c1ccc(C(C)(F)F)cc1)c1ccccc1-c1nnn(CC2(OCc3ccccc3)CS(=O)(=O)C2)n1. The highest BCUT2D eigenvalue weighted by atomic mass is 32.2. The fourth-order valence-corrected chi connectivity index (χ4v) is 6.41. The summed E-state index contributed by atoms with van der Waals surface area (Å²) >= 11 is 0. The zero-order chi connectivity index (χ0) is 27.0. The maximum Gasteiger partial charge on any atom is 0.270 e. The molecule has 0 spiro atoms. The lowest BCUT2D eigenvalue weighted by atomic mass is 10.1. The lowest BCUT2D eigenvalue weighted by Crippen LogP contribution is -2.59. The third kappa shape index (κ3) is 5.58. The van der Waals surface area contributed by atoms with Crippen molar-refractivity contribution in [2.45, 2.75) is 31.6 Å². The molecule has 11 heteroatoms. The van der Waals surface area contributed by atoms with Crippen LogP contribution in [0.2, 0.25) is 0 Å². The van der Waals surface area contributed by atoms with Crippen molar-refractivity contribution in [1.82, 2.24) is 20.2 Å². The average Bonchev–Trinajstić information content (AvgIpc) is 3.34. The molecule has 1 fully saturated rings. The molecule has 8 nitrogen and oxygen atoms in total. The second-order valence-corrected chi connectivity index (χ2v) is 11.7. The van der Waals surface area contributed by atoms with Crippen molar-refractivity contribution >= 4 is 21.2 Å². The molecule has 0 unspecified atom stereocenters. The number of benzene rings is 3. The van der Waals surface area contributed by atoms with Crippen molar-refractivity contribution < 1.29 is 21.9 Å². The molecule has 5 rings (SSSR count). The van der Waals surface area contributed by atoms with Crippen LogP contribution in [0, 0.1) is 0 Å². The number of aromatic nitrogens is 4. The van der Waals surface area contributed by atoms with Gasteiger partial charge in [-0.2, -0.15) is 4.80 Å². The summed E-state index contributed by atoms with van der Waals surface area (Å²) in [6.45, 7) is 1.27. The molecule has 198 valence electrons. The van der Waals surface area contributed by atoms with Gasteiger partial charge in [-0.15, -0.1) is 10.2 Å². The topological polar surface area (TPSA) is 90.2 Å². The molecule has 2 heterocycles. The fraction of sp³-hybridized carbons (Fsp3) is 0.296. The Hall–Kier alpha value is -3.70. The third-order valence-electron chi connectivity index (χ3n) is 6.50. The maximum atomic E-state index is 13.6. The van der Waals surface area contributed by atoms with Crippen LogP contribution in [-0.2, 0) is 33.6 Å².